The van der Waals surface area contributed by atoms with Gasteiger partial charge < -0.3 is 10.1 Å². The first kappa shape index (κ1) is 11.6. The van der Waals surface area contributed by atoms with Crippen LogP contribution in [0.1, 0.15) is 0 Å². The number of rotatable bonds is 0. The summed E-state index contributed by atoms with van der Waals surface area (Å²) in [6.07, 6.45) is 0. The molecule has 1 aromatic rings. The second-order valence-electron chi connectivity index (χ2n) is 2.65. The van der Waals surface area contributed by atoms with Crippen molar-refractivity contribution in [1.29, 1.82) is 10.5 Å². The quantitative estimate of drug-likeness (QED) is 0.514. The minimum atomic E-state index is -0.0544. The number of para-hydroxylation sites is 2. The van der Waals surface area contributed by atoms with Crippen molar-refractivity contribution in [2.45, 2.75) is 0 Å². The molecule has 4 nitrogen and oxygen atoms in total. The van der Waals surface area contributed by atoms with Gasteiger partial charge in [-0.1, -0.05) is 12.1 Å². The molecule has 1 aliphatic rings. The SMILES string of the molecule is N#CC(C#N)=C1Nc2ccccc2O1.[Na]. The maximum atomic E-state index is 8.62. The molecule has 0 atom stereocenters. The van der Waals surface area contributed by atoms with E-state index in [1.165, 1.54) is 0 Å². The van der Waals surface area contributed by atoms with Gasteiger partial charge in [0.25, 0.3) is 0 Å². The third-order valence-corrected chi connectivity index (χ3v) is 1.80. The number of nitrogens with zero attached hydrogens (tertiary/aromatic N) is 2. The maximum absolute atomic E-state index is 8.62. The van der Waals surface area contributed by atoms with Crippen LogP contribution < -0.4 is 10.1 Å². The van der Waals surface area contributed by atoms with Crippen LogP contribution in [0.15, 0.2) is 35.7 Å². The average Bonchev–Trinajstić information content (AvgIpc) is 2.63. The van der Waals surface area contributed by atoms with E-state index in [9.17, 15) is 0 Å². The molecule has 1 aromatic carbocycles. The molecule has 1 heterocycles. The molecule has 1 radical (unpaired) electrons. The van der Waals surface area contributed by atoms with E-state index in [2.05, 4.69) is 5.32 Å². The van der Waals surface area contributed by atoms with E-state index in [0.29, 0.717) is 5.75 Å². The van der Waals surface area contributed by atoms with Gasteiger partial charge in [-0.15, -0.1) is 0 Å². The molecule has 5 heteroatoms. The molecule has 0 amide bonds. The third-order valence-electron chi connectivity index (χ3n) is 1.80. The van der Waals surface area contributed by atoms with E-state index in [-0.39, 0.29) is 41.0 Å². The van der Waals surface area contributed by atoms with Gasteiger partial charge in [-0.05, 0) is 12.1 Å². The van der Waals surface area contributed by atoms with Gasteiger partial charge in [-0.2, -0.15) is 10.5 Å². The molecular weight excluding hydrogens is 201 g/mol. The zero-order valence-electron chi connectivity index (χ0n) is 8.11. The molecule has 0 unspecified atom stereocenters. The standard InChI is InChI=1S/C10H5N3O.Na/c11-5-7(6-12)10-13-8-3-1-2-4-9(8)14-10;/h1-4,13H;. The summed E-state index contributed by atoms with van der Waals surface area (Å²) in [5.41, 5.74) is 0.715. The number of benzene rings is 1. The van der Waals surface area contributed by atoms with E-state index in [4.69, 9.17) is 15.3 Å². The Morgan fingerprint density at radius 2 is 1.87 bits per heavy atom. The van der Waals surface area contributed by atoms with Crippen molar-refractivity contribution in [3.8, 4) is 17.9 Å². The van der Waals surface area contributed by atoms with E-state index in [1.807, 2.05) is 18.2 Å². The van der Waals surface area contributed by atoms with E-state index < -0.39 is 0 Å². The van der Waals surface area contributed by atoms with E-state index in [0.717, 1.165) is 5.69 Å². The molecular formula is C10H5N3NaO. The molecule has 0 fully saturated rings. The van der Waals surface area contributed by atoms with Crippen LogP contribution in [0.5, 0.6) is 5.75 Å². The Balaban J connectivity index is 0.00000112. The van der Waals surface area contributed by atoms with Crippen molar-refractivity contribution < 1.29 is 4.74 Å². The summed E-state index contributed by atoms with van der Waals surface area (Å²) in [6, 6.07) is 10.8. The van der Waals surface area contributed by atoms with E-state index in [1.54, 1.807) is 18.2 Å². The van der Waals surface area contributed by atoms with Gasteiger partial charge in [0.15, 0.2) is 11.3 Å². The van der Waals surface area contributed by atoms with Crippen LogP contribution >= 0.6 is 0 Å². The summed E-state index contributed by atoms with van der Waals surface area (Å²) in [5, 5.41) is 20.1. The van der Waals surface area contributed by atoms with Crippen LogP contribution in [-0.2, 0) is 0 Å². The topological polar surface area (TPSA) is 68.8 Å². The van der Waals surface area contributed by atoms with Crippen molar-refractivity contribution in [2.24, 2.45) is 0 Å². The molecule has 0 spiro atoms. The molecule has 2 rings (SSSR count). The van der Waals surface area contributed by atoms with Crippen molar-refractivity contribution in [1.82, 2.24) is 0 Å². The predicted molar refractivity (Wildman–Crippen MR) is 54.7 cm³/mol. The third kappa shape index (κ3) is 2.14. The Labute approximate surface area is 109 Å². The van der Waals surface area contributed by atoms with Gasteiger partial charge in [0.1, 0.15) is 12.1 Å². The smallest absolute Gasteiger partial charge is 0.226 e. The molecule has 0 saturated heterocycles. The minimum Gasteiger partial charge on any atom is -0.437 e. The fourth-order valence-electron chi connectivity index (χ4n) is 1.16. The second kappa shape index (κ2) is 4.86. The van der Waals surface area contributed by atoms with Gasteiger partial charge in [0, 0.05) is 29.6 Å². The molecule has 0 aliphatic carbocycles. The predicted octanol–water partition coefficient (Wildman–Crippen LogP) is 1.37. The first-order valence-corrected chi connectivity index (χ1v) is 3.93. The number of hydrogen-bond donors (Lipinski definition) is 1. The molecule has 1 N–H and O–H groups in total. The van der Waals surface area contributed by atoms with Crippen molar-refractivity contribution in [2.75, 3.05) is 5.32 Å². The Morgan fingerprint density at radius 3 is 2.47 bits per heavy atom. The number of anilines is 1. The number of allylic oxidation sites excluding steroid dienone is 1. The Morgan fingerprint density at radius 1 is 1.20 bits per heavy atom. The zero-order valence-corrected chi connectivity index (χ0v) is 10.1. The largest absolute Gasteiger partial charge is 0.437 e. The second-order valence-corrected chi connectivity index (χ2v) is 2.65. The molecule has 1 aliphatic heterocycles. The fourth-order valence-corrected chi connectivity index (χ4v) is 1.16. The number of fused-ring (bicyclic) bond motifs is 1. The van der Waals surface area contributed by atoms with Gasteiger partial charge in [0.05, 0.1) is 5.69 Å². The Kier molecular flexibility index (Phi) is 3.76. The van der Waals surface area contributed by atoms with Gasteiger partial charge in [-0.3, -0.25) is 0 Å². The molecule has 67 valence electrons. The van der Waals surface area contributed by atoms with Crippen molar-refractivity contribution >= 4 is 35.2 Å². The number of hydrogen-bond acceptors (Lipinski definition) is 4. The molecule has 15 heavy (non-hydrogen) atoms. The van der Waals surface area contributed by atoms with E-state index >= 15 is 0 Å². The summed E-state index contributed by atoms with van der Waals surface area (Å²) >= 11 is 0. The van der Waals surface area contributed by atoms with Crippen LogP contribution in [0.3, 0.4) is 0 Å². The average molecular weight is 206 g/mol. The van der Waals surface area contributed by atoms with Crippen LogP contribution in [-0.4, -0.2) is 29.6 Å². The number of nitrogens with one attached hydrogen (secondary N) is 1. The number of nitriles is 2. The number of ether oxygens (including phenoxy) is 1. The van der Waals surface area contributed by atoms with Crippen molar-refractivity contribution in [3.05, 3.63) is 35.7 Å². The first-order chi connectivity index (χ1) is 6.85. The summed E-state index contributed by atoms with van der Waals surface area (Å²) in [7, 11) is 0. The van der Waals surface area contributed by atoms with Gasteiger partial charge in [0.2, 0.25) is 5.88 Å². The minimum absolute atomic E-state index is 0. The Hall–Kier alpha value is -1.46. The van der Waals surface area contributed by atoms with Crippen molar-refractivity contribution in [3.63, 3.8) is 0 Å². The van der Waals surface area contributed by atoms with Gasteiger partial charge in [-0.25, -0.2) is 0 Å². The van der Waals surface area contributed by atoms with Crippen LogP contribution in [0.25, 0.3) is 0 Å². The summed E-state index contributed by atoms with van der Waals surface area (Å²) in [6.45, 7) is 0. The normalized spacial score (nSPS) is 10.9. The first-order valence-electron chi connectivity index (χ1n) is 3.93. The fraction of sp³-hybridized carbons (Fsp3) is 0. The molecule has 0 saturated carbocycles. The monoisotopic (exact) mass is 206 g/mol. The van der Waals surface area contributed by atoms with Gasteiger partial charge >= 0.3 is 0 Å². The summed E-state index contributed by atoms with van der Waals surface area (Å²) in [5.74, 6) is 0.835. The summed E-state index contributed by atoms with van der Waals surface area (Å²) < 4.78 is 5.27. The molecule has 0 bridgehead atoms. The van der Waals surface area contributed by atoms with Crippen LogP contribution in [0.4, 0.5) is 5.69 Å². The zero-order chi connectivity index (χ0) is 9.97. The Bertz CT molecular complexity index is 453. The van der Waals surface area contributed by atoms with Crippen LogP contribution in [0, 0.1) is 22.7 Å². The van der Waals surface area contributed by atoms with Crippen LogP contribution in [0.2, 0.25) is 0 Å². The summed E-state index contributed by atoms with van der Waals surface area (Å²) in [4.78, 5) is 0. The molecule has 0 aromatic heterocycles. The maximum Gasteiger partial charge on any atom is 0.226 e.